The van der Waals surface area contributed by atoms with Crippen molar-refractivity contribution in [2.24, 2.45) is 17.8 Å². The average Bonchev–Trinajstić information content (AvgIpc) is 3.18. The highest BCUT2D eigenvalue weighted by molar-refractivity contribution is 6.40. The Morgan fingerprint density at radius 2 is 2.08 bits per heavy atom. The van der Waals surface area contributed by atoms with E-state index in [1.54, 1.807) is 4.90 Å². The third-order valence-electron chi connectivity index (χ3n) is 5.86. The van der Waals surface area contributed by atoms with Crippen LogP contribution in [0.3, 0.4) is 0 Å². The smallest absolute Gasteiger partial charge is 0.316 e. The highest BCUT2D eigenvalue weighted by atomic mass is 16.2. The molecule has 2 fully saturated rings. The molecular formula is C20H28N2O2. The first-order chi connectivity index (χ1) is 11.5. The largest absolute Gasteiger partial charge is 0.345 e. The van der Waals surface area contributed by atoms with E-state index in [9.17, 15) is 9.59 Å². The summed E-state index contributed by atoms with van der Waals surface area (Å²) in [5.74, 6) is 1.18. The van der Waals surface area contributed by atoms with Gasteiger partial charge in [0.1, 0.15) is 0 Å². The van der Waals surface area contributed by atoms with Gasteiger partial charge in [-0.05, 0) is 75.5 Å². The Morgan fingerprint density at radius 3 is 2.67 bits per heavy atom. The van der Waals surface area contributed by atoms with Crippen LogP contribution < -0.4 is 10.2 Å². The van der Waals surface area contributed by atoms with Crippen LogP contribution in [0.4, 0.5) is 5.69 Å². The molecule has 1 N–H and O–H groups in total. The molecule has 2 bridgehead atoms. The van der Waals surface area contributed by atoms with Crippen molar-refractivity contribution in [1.82, 2.24) is 5.32 Å². The number of carbonyl (C=O) groups excluding carboxylic acids is 2. The van der Waals surface area contributed by atoms with Crippen LogP contribution in [0.25, 0.3) is 0 Å². The van der Waals surface area contributed by atoms with Crippen LogP contribution in [0.5, 0.6) is 0 Å². The molecule has 0 aromatic heterocycles. The molecule has 1 aromatic carbocycles. The number of anilines is 1. The predicted molar refractivity (Wildman–Crippen MR) is 95.7 cm³/mol. The predicted octanol–water partition coefficient (Wildman–Crippen LogP) is 3.29. The Kier molecular flexibility index (Phi) is 4.93. The maximum Gasteiger partial charge on any atom is 0.316 e. The molecule has 4 unspecified atom stereocenters. The number of fused-ring (bicyclic) bond motifs is 2. The first-order valence-electron chi connectivity index (χ1n) is 9.18. The van der Waals surface area contributed by atoms with E-state index in [0.717, 1.165) is 23.1 Å². The van der Waals surface area contributed by atoms with Crippen molar-refractivity contribution in [3.63, 3.8) is 0 Å². The topological polar surface area (TPSA) is 49.4 Å². The summed E-state index contributed by atoms with van der Waals surface area (Å²) in [5, 5.41) is 2.98. The van der Waals surface area contributed by atoms with Crippen LogP contribution in [0, 0.1) is 24.7 Å². The molecule has 2 amide bonds. The third kappa shape index (κ3) is 3.33. The first-order valence-corrected chi connectivity index (χ1v) is 9.18. The Hall–Kier alpha value is -1.84. The highest BCUT2D eigenvalue weighted by Gasteiger charge is 2.42. The summed E-state index contributed by atoms with van der Waals surface area (Å²) < 4.78 is 0. The highest BCUT2D eigenvalue weighted by Crippen LogP contribution is 2.49. The van der Waals surface area contributed by atoms with Gasteiger partial charge in [-0.2, -0.15) is 0 Å². The summed E-state index contributed by atoms with van der Waals surface area (Å²) in [6.45, 7) is 6.42. The Balaban J connectivity index is 1.64. The summed E-state index contributed by atoms with van der Waals surface area (Å²) in [7, 11) is 0. The lowest BCUT2D eigenvalue weighted by Crippen LogP contribution is -2.48. The number of hydrogen-bond acceptors (Lipinski definition) is 2. The fourth-order valence-corrected chi connectivity index (χ4v) is 4.64. The van der Waals surface area contributed by atoms with E-state index in [0.29, 0.717) is 12.5 Å². The zero-order valence-corrected chi connectivity index (χ0v) is 14.9. The fourth-order valence-electron chi connectivity index (χ4n) is 4.64. The monoisotopic (exact) mass is 328 g/mol. The number of hydrogen-bond donors (Lipinski definition) is 1. The molecule has 2 saturated carbocycles. The van der Waals surface area contributed by atoms with Gasteiger partial charge in [0.25, 0.3) is 0 Å². The van der Waals surface area contributed by atoms with Gasteiger partial charge < -0.3 is 10.2 Å². The fraction of sp³-hybridized carbons (Fsp3) is 0.600. The van der Waals surface area contributed by atoms with Crippen molar-refractivity contribution >= 4 is 17.5 Å². The zero-order valence-electron chi connectivity index (χ0n) is 14.9. The molecule has 4 heteroatoms. The van der Waals surface area contributed by atoms with Crippen LogP contribution >= 0.6 is 0 Å². The second-order valence-corrected chi connectivity index (χ2v) is 7.49. The number of rotatable bonds is 4. The van der Waals surface area contributed by atoms with Gasteiger partial charge in [-0.15, -0.1) is 0 Å². The van der Waals surface area contributed by atoms with Crippen molar-refractivity contribution in [1.29, 1.82) is 0 Å². The molecule has 0 heterocycles. The van der Waals surface area contributed by atoms with E-state index in [1.807, 2.05) is 38.1 Å². The van der Waals surface area contributed by atoms with Crippen molar-refractivity contribution < 1.29 is 9.59 Å². The van der Waals surface area contributed by atoms with E-state index < -0.39 is 11.8 Å². The normalized spacial score (nSPS) is 26.2. The molecule has 2 aliphatic rings. The van der Waals surface area contributed by atoms with Crippen LogP contribution in [-0.2, 0) is 9.59 Å². The summed E-state index contributed by atoms with van der Waals surface area (Å²) in [6.07, 6.45) is 5.14. The molecule has 1 aromatic rings. The molecular weight excluding hydrogens is 300 g/mol. The van der Waals surface area contributed by atoms with Crippen molar-refractivity contribution in [2.45, 2.75) is 52.5 Å². The quantitative estimate of drug-likeness (QED) is 0.862. The van der Waals surface area contributed by atoms with E-state index in [-0.39, 0.29) is 6.04 Å². The second kappa shape index (κ2) is 6.96. The maximum absolute atomic E-state index is 12.6. The molecule has 0 saturated heterocycles. The summed E-state index contributed by atoms with van der Waals surface area (Å²) in [6, 6.07) is 7.79. The van der Waals surface area contributed by atoms with E-state index >= 15 is 0 Å². The van der Waals surface area contributed by atoms with Crippen LogP contribution in [-0.4, -0.2) is 24.4 Å². The van der Waals surface area contributed by atoms with Gasteiger partial charge in [0, 0.05) is 18.3 Å². The average molecular weight is 328 g/mol. The van der Waals surface area contributed by atoms with Gasteiger partial charge in [-0.1, -0.05) is 18.6 Å². The third-order valence-corrected chi connectivity index (χ3v) is 5.86. The number of benzene rings is 1. The Morgan fingerprint density at radius 1 is 1.29 bits per heavy atom. The number of nitrogens with zero attached hydrogens (tertiary/aromatic N) is 1. The van der Waals surface area contributed by atoms with Gasteiger partial charge in [-0.3, -0.25) is 9.59 Å². The van der Waals surface area contributed by atoms with Gasteiger partial charge in [0.15, 0.2) is 0 Å². The van der Waals surface area contributed by atoms with Gasteiger partial charge in [0.05, 0.1) is 0 Å². The lowest BCUT2D eigenvalue weighted by molar-refractivity contribution is -0.138. The molecule has 4 nitrogen and oxygen atoms in total. The molecule has 3 rings (SSSR count). The molecule has 2 aliphatic carbocycles. The van der Waals surface area contributed by atoms with Crippen LogP contribution in [0.2, 0.25) is 0 Å². The van der Waals surface area contributed by atoms with Crippen molar-refractivity contribution in [2.75, 3.05) is 11.4 Å². The zero-order chi connectivity index (χ0) is 17.3. The number of likely N-dealkylation sites (N-methyl/N-ethyl adjacent to an activating group) is 1. The summed E-state index contributed by atoms with van der Waals surface area (Å²) >= 11 is 0. The lowest BCUT2D eigenvalue weighted by Gasteiger charge is -2.29. The molecule has 0 spiro atoms. The van der Waals surface area contributed by atoms with Crippen molar-refractivity contribution in [3.8, 4) is 0 Å². The van der Waals surface area contributed by atoms with E-state index in [1.165, 1.54) is 25.7 Å². The molecule has 130 valence electrons. The van der Waals surface area contributed by atoms with E-state index in [4.69, 9.17) is 0 Å². The number of aryl methyl sites for hydroxylation is 1. The second-order valence-electron chi connectivity index (χ2n) is 7.49. The van der Waals surface area contributed by atoms with Gasteiger partial charge >= 0.3 is 11.8 Å². The Bertz CT molecular complexity index is 628. The standard InChI is InChI=1S/C20H28N2O2/c1-4-22(17-7-5-6-13(2)10-17)20(24)19(23)21-14(3)18-12-15-8-9-16(18)11-15/h5-7,10,14-16,18H,4,8-9,11-12H2,1-3H3,(H,21,23). The minimum Gasteiger partial charge on any atom is -0.345 e. The molecule has 4 atom stereocenters. The maximum atomic E-state index is 12.6. The number of carbonyl (C=O) groups is 2. The van der Waals surface area contributed by atoms with Gasteiger partial charge in [-0.25, -0.2) is 0 Å². The molecule has 0 aliphatic heterocycles. The van der Waals surface area contributed by atoms with Crippen molar-refractivity contribution in [3.05, 3.63) is 29.8 Å². The molecule has 0 radical (unpaired) electrons. The summed E-state index contributed by atoms with van der Waals surface area (Å²) in [4.78, 5) is 26.6. The number of nitrogens with one attached hydrogen (secondary N) is 1. The summed E-state index contributed by atoms with van der Waals surface area (Å²) in [5.41, 5.74) is 1.86. The minimum atomic E-state index is -0.478. The number of amides is 2. The lowest BCUT2D eigenvalue weighted by atomic mass is 9.84. The molecule has 24 heavy (non-hydrogen) atoms. The Labute approximate surface area is 144 Å². The van der Waals surface area contributed by atoms with Crippen LogP contribution in [0.15, 0.2) is 24.3 Å². The van der Waals surface area contributed by atoms with Crippen LogP contribution in [0.1, 0.15) is 45.1 Å². The SMILES string of the molecule is CCN(C(=O)C(=O)NC(C)C1CC2CCC1C2)c1cccc(C)c1. The first kappa shape index (κ1) is 17.0. The van der Waals surface area contributed by atoms with E-state index in [2.05, 4.69) is 12.2 Å². The van der Waals surface area contributed by atoms with Gasteiger partial charge in [0.2, 0.25) is 0 Å². The minimum absolute atomic E-state index is 0.0768.